The lowest BCUT2D eigenvalue weighted by Gasteiger charge is -2.40. The maximum absolute atomic E-state index is 13.1. The van der Waals surface area contributed by atoms with Gasteiger partial charge in [0.15, 0.2) is 24.6 Å². The molecule has 1 fully saturated rings. The topological polar surface area (TPSA) is 175 Å². The first kappa shape index (κ1) is 71.9. The van der Waals surface area contributed by atoms with Crippen molar-refractivity contribution >= 4 is 23.9 Å². The fourth-order valence-electron chi connectivity index (χ4n) is 8.23. The number of carboxylic acids is 1. The van der Waals surface area contributed by atoms with Crippen LogP contribution in [0, 0.1) is 0 Å². The Morgan fingerprint density at radius 1 is 0.443 bits per heavy atom. The molecule has 0 aromatic carbocycles. The molecule has 1 heterocycles. The fraction of sp³-hybridized carbons (Fsp3) is 0.612. The summed E-state index contributed by atoms with van der Waals surface area (Å²) in [6, 6.07) is 0. The Kier molecular flexibility index (Phi) is 48.7. The maximum atomic E-state index is 13.1. The Morgan fingerprint density at radius 3 is 1.25 bits per heavy atom. The molecule has 0 radical (unpaired) electrons. The van der Waals surface area contributed by atoms with Crippen molar-refractivity contribution in [3.63, 3.8) is 0 Å². The summed E-state index contributed by atoms with van der Waals surface area (Å²) in [6.45, 7) is 5.61. The molecule has 0 saturated carbocycles. The normalized spacial score (nSPS) is 18.8. The number of ether oxygens (including phenoxy) is 5. The van der Waals surface area contributed by atoms with Gasteiger partial charge in [0.2, 0.25) is 0 Å². The lowest BCUT2D eigenvalue weighted by Crippen LogP contribution is -2.61. The molecule has 0 amide bonds. The van der Waals surface area contributed by atoms with E-state index in [1.165, 1.54) is 64.2 Å². The Labute approximate surface area is 477 Å². The van der Waals surface area contributed by atoms with Crippen molar-refractivity contribution in [3.8, 4) is 0 Å². The molecule has 1 aliphatic heterocycles. The third kappa shape index (κ3) is 43.4. The number of rotatable bonds is 49. The van der Waals surface area contributed by atoms with Crippen LogP contribution in [0.25, 0.3) is 0 Å². The van der Waals surface area contributed by atoms with Crippen molar-refractivity contribution in [1.82, 2.24) is 0 Å². The summed E-state index contributed by atoms with van der Waals surface area (Å²) in [5.41, 5.74) is 0. The van der Waals surface area contributed by atoms with Gasteiger partial charge in [0.25, 0.3) is 0 Å². The van der Waals surface area contributed by atoms with Gasteiger partial charge in [-0.15, -0.1) is 0 Å². The molecule has 0 aromatic rings. The third-order valence-corrected chi connectivity index (χ3v) is 12.8. The van der Waals surface area contributed by atoms with E-state index in [9.17, 15) is 34.5 Å². The number of carbonyl (C=O) groups is 4. The highest BCUT2D eigenvalue weighted by molar-refractivity contribution is 5.74. The minimum Gasteiger partial charge on any atom is -0.479 e. The first-order valence-corrected chi connectivity index (χ1v) is 30.2. The Morgan fingerprint density at radius 2 is 0.835 bits per heavy atom. The molecule has 0 bridgehead atoms. The van der Waals surface area contributed by atoms with Crippen LogP contribution in [0.2, 0.25) is 0 Å². The molecule has 3 N–H and O–H groups in total. The summed E-state index contributed by atoms with van der Waals surface area (Å²) < 4.78 is 28.2. The van der Waals surface area contributed by atoms with Crippen LogP contribution in [0.4, 0.5) is 0 Å². The summed E-state index contributed by atoms with van der Waals surface area (Å²) in [7, 11) is 0. The Bertz CT molecular complexity index is 1880. The highest BCUT2D eigenvalue weighted by Gasteiger charge is 2.50. The van der Waals surface area contributed by atoms with Crippen molar-refractivity contribution in [3.05, 3.63) is 134 Å². The van der Waals surface area contributed by atoms with Gasteiger partial charge in [-0.25, -0.2) is 4.79 Å². The number of aliphatic hydroxyl groups excluding tert-OH is 2. The number of esters is 3. The van der Waals surface area contributed by atoms with Crippen molar-refractivity contribution < 1.29 is 58.2 Å². The second-order valence-corrected chi connectivity index (χ2v) is 19.9. The van der Waals surface area contributed by atoms with Crippen LogP contribution < -0.4 is 0 Å². The second kappa shape index (κ2) is 53.5. The quantitative estimate of drug-likeness (QED) is 0.0228. The molecule has 0 spiro atoms. The van der Waals surface area contributed by atoms with Crippen LogP contribution in [0.1, 0.15) is 213 Å². The minimum atomic E-state index is -1.93. The average molecular weight is 1100 g/mol. The van der Waals surface area contributed by atoms with Crippen LogP contribution >= 0.6 is 0 Å². The first-order valence-electron chi connectivity index (χ1n) is 30.2. The van der Waals surface area contributed by atoms with E-state index in [0.29, 0.717) is 25.7 Å². The smallest absolute Gasteiger partial charge is 0.335 e. The van der Waals surface area contributed by atoms with E-state index in [0.717, 1.165) is 83.5 Å². The van der Waals surface area contributed by atoms with E-state index in [1.54, 1.807) is 6.08 Å². The van der Waals surface area contributed by atoms with Crippen LogP contribution in [-0.2, 0) is 42.9 Å². The largest absolute Gasteiger partial charge is 0.479 e. The molecular formula is C67H104O12. The molecule has 0 aliphatic carbocycles. The predicted molar refractivity (Wildman–Crippen MR) is 321 cm³/mol. The lowest BCUT2D eigenvalue weighted by atomic mass is 9.98. The summed E-state index contributed by atoms with van der Waals surface area (Å²) in [5, 5.41) is 31.5. The van der Waals surface area contributed by atoms with Crippen LogP contribution in [0.3, 0.4) is 0 Å². The standard InChI is InChI=1S/C67H104O12/c1-4-7-10-13-16-19-22-25-28-29-30-31-34-35-38-41-44-47-50-53-59(68)75-56-58(77-60(69)54-51-48-45-42-39-36-32-26-23-20-17-14-11-8-5-2)57-76-67-65(63(72)62(71)64(79-67)66(73)74)78-61(70)55-52-49-46-43-40-37-33-27-24-21-18-15-12-9-6-3/h7-8,10-11,16-17,19-20,25-26,28,30-32,35,38-39,42,44,47-48,51,58,62-65,67,71-72H,4-6,9,12-15,18,21-24,27,29,33-34,36-37,40-41,43,45-46,49-50,52-57H2,1-3H3,(H,73,74)/b10-7-,11-8-,19-16-,20-17-,28-25-,31-30-,32-26-,38-35-,42-39-,47-44-,51-48-. The molecule has 1 aliphatic rings. The Balaban J connectivity index is 2.79. The summed E-state index contributed by atoms with van der Waals surface area (Å²) in [6.07, 6.45) is 63.2. The molecule has 6 unspecified atom stereocenters. The molecule has 79 heavy (non-hydrogen) atoms. The number of hydrogen-bond acceptors (Lipinski definition) is 11. The SMILES string of the molecule is CC/C=C\C/C=C\C/C=C\C/C=C\C/C=C\C/C=C\CCC(=O)OCC(COC1OC(C(=O)O)C(O)C(O)C1OC(=O)CCCCCCCCCCCCCCCCC)OC(=O)C/C=C\C/C=C\C/C=C\C/C=C\C/C=C\CC. The van der Waals surface area contributed by atoms with E-state index in [2.05, 4.69) is 118 Å². The highest BCUT2D eigenvalue weighted by atomic mass is 16.7. The molecule has 12 heteroatoms. The molecule has 6 atom stereocenters. The summed E-state index contributed by atoms with van der Waals surface area (Å²) in [4.78, 5) is 51.1. The minimum absolute atomic E-state index is 0.0389. The van der Waals surface area contributed by atoms with Gasteiger partial charge in [-0.3, -0.25) is 14.4 Å². The van der Waals surface area contributed by atoms with Gasteiger partial charge in [-0.2, -0.15) is 0 Å². The lowest BCUT2D eigenvalue weighted by molar-refractivity contribution is -0.301. The van der Waals surface area contributed by atoms with Crippen molar-refractivity contribution in [2.24, 2.45) is 0 Å². The summed E-state index contributed by atoms with van der Waals surface area (Å²) in [5.74, 6) is -3.41. The first-order chi connectivity index (χ1) is 38.6. The zero-order chi connectivity index (χ0) is 57.5. The summed E-state index contributed by atoms with van der Waals surface area (Å²) >= 11 is 0. The highest BCUT2D eigenvalue weighted by Crippen LogP contribution is 2.26. The number of carbonyl (C=O) groups excluding carboxylic acids is 3. The average Bonchev–Trinajstić information content (AvgIpc) is 3.46. The van der Waals surface area contributed by atoms with Crippen molar-refractivity contribution in [1.29, 1.82) is 0 Å². The van der Waals surface area contributed by atoms with Crippen LogP contribution in [0.15, 0.2) is 134 Å². The maximum Gasteiger partial charge on any atom is 0.335 e. The van der Waals surface area contributed by atoms with Crippen LogP contribution in [0.5, 0.6) is 0 Å². The molecule has 12 nitrogen and oxygen atoms in total. The zero-order valence-electron chi connectivity index (χ0n) is 48.8. The van der Waals surface area contributed by atoms with Gasteiger partial charge in [-0.05, 0) is 83.5 Å². The number of unbranched alkanes of at least 4 members (excludes halogenated alkanes) is 14. The van der Waals surface area contributed by atoms with Gasteiger partial charge in [-0.1, -0.05) is 244 Å². The number of aliphatic hydroxyl groups is 2. The van der Waals surface area contributed by atoms with Crippen LogP contribution in [-0.4, -0.2) is 89.2 Å². The van der Waals surface area contributed by atoms with Gasteiger partial charge < -0.3 is 39.0 Å². The van der Waals surface area contributed by atoms with E-state index in [4.69, 9.17) is 23.7 Å². The van der Waals surface area contributed by atoms with Gasteiger partial charge in [0.05, 0.1) is 13.0 Å². The molecule has 444 valence electrons. The number of hydrogen-bond donors (Lipinski definition) is 3. The predicted octanol–water partition coefficient (Wildman–Crippen LogP) is 15.8. The van der Waals surface area contributed by atoms with E-state index >= 15 is 0 Å². The third-order valence-electron chi connectivity index (χ3n) is 12.8. The zero-order valence-corrected chi connectivity index (χ0v) is 48.8. The number of carboxylic acid groups (broad SMARTS) is 1. The van der Waals surface area contributed by atoms with Gasteiger partial charge >= 0.3 is 23.9 Å². The molecular weight excluding hydrogens is 997 g/mol. The van der Waals surface area contributed by atoms with E-state index < -0.39 is 73.9 Å². The number of aliphatic carboxylic acids is 1. The monoisotopic (exact) mass is 1100 g/mol. The van der Waals surface area contributed by atoms with Gasteiger partial charge in [0.1, 0.15) is 18.8 Å². The number of allylic oxidation sites excluding steroid dienone is 21. The van der Waals surface area contributed by atoms with Crippen molar-refractivity contribution in [2.75, 3.05) is 13.2 Å². The van der Waals surface area contributed by atoms with E-state index in [-0.39, 0.29) is 19.3 Å². The van der Waals surface area contributed by atoms with Gasteiger partial charge in [0, 0.05) is 12.8 Å². The second-order valence-electron chi connectivity index (χ2n) is 19.9. The molecule has 0 aromatic heterocycles. The van der Waals surface area contributed by atoms with E-state index in [1.807, 2.05) is 30.4 Å². The molecule has 1 rings (SSSR count). The fourth-order valence-corrected chi connectivity index (χ4v) is 8.23. The molecule has 1 saturated heterocycles. The van der Waals surface area contributed by atoms with Crippen molar-refractivity contribution in [2.45, 2.75) is 250 Å². The Hall–Kier alpha value is -5.14.